The van der Waals surface area contributed by atoms with E-state index in [1.165, 1.54) is 6.20 Å². The SMILES string of the molecule is Cc1cc(Cl)cc(C(=O)Nc2cc(Cl)ccn2)c1. The fourth-order valence-corrected chi connectivity index (χ4v) is 1.98. The Morgan fingerprint density at radius 1 is 1.17 bits per heavy atom. The third-order valence-corrected chi connectivity index (χ3v) is 2.72. The van der Waals surface area contributed by atoms with E-state index in [4.69, 9.17) is 23.2 Å². The van der Waals surface area contributed by atoms with Gasteiger partial charge in [-0.2, -0.15) is 0 Å². The highest BCUT2D eigenvalue weighted by Gasteiger charge is 2.08. The van der Waals surface area contributed by atoms with Gasteiger partial charge in [0.1, 0.15) is 5.82 Å². The van der Waals surface area contributed by atoms with E-state index in [9.17, 15) is 4.79 Å². The zero-order chi connectivity index (χ0) is 13.1. The summed E-state index contributed by atoms with van der Waals surface area (Å²) in [5.41, 5.74) is 1.41. The maximum absolute atomic E-state index is 12.0. The molecule has 0 saturated carbocycles. The fourth-order valence-electron chi connectivity index (χ4n) is 1.53. The van der Waals surface area contributed by atoms with Crippen LogP contribution in [0.4, 0.5) is 5.82 Å². The first-order valence-electron chi connectivity index (χ1n) is 5.25. The lowest BCUT2D eigenvalue weighted by atomic mass is 10.1. The van der Waals surface area contributed by atoms with Crippen LogP contribution in [-0.2, 0) is 0 Å². The van der Waals surface area contributed by atoms with Crippen molar-refractivity contribution in [1.29, 1.82) is 0 Å². The second-order valence-electron chi connectivity index (χ2n) is 3.83. The van der Waals surface area contributed by atoms with Gasteiger partial charge in [-0.15, -0.1) is 0 Å². The molecule has 1 heterocycles. The Morgan fingerprint density at radius 3 is 2.61 bits per heavy atom. The van der Waals surface area contributed by atoms with E-state index in [0.29, 0.717) is 21.4 Å². The molecule has 2 rings (SSSR count). The minimum absolute atomic E-state index is 0.268. The normalized spacial score (nSPS) is 10.2. The van der Waals surface area contributed by atoms with E-state index < -0.39 is 0 Å². The molecule has 18 heavy (non-hydrogen) atoms. The van der Waals surface area contributed by atoms with Crippen molar-refractivity contribution in [3.63, 3.8) is 0 Å². The topological polar surface area (TPSA) is 42.0 Å². The summed E-state index contributed by atoms with van der Waals surface area (Å²) >= 11 is 11.7. The van der Waals surface area contributed by atoms with Crippen molar-refractivity contribution in [3.05, 3.63) is 57.7 Å². The molecule has 0 aliphatic rings. The lowest BCUT2D eigenvalue weighted by Gasteiger charge is -2.06. The van der Waals surface area contributed by atoms with Gasteiger partial charge in [0, 0.05) is 21.8 Å². The van der Waals surface area contributed by atoms with Crippen LogP contribution in [0, 0.1) is 6.92 Å². The third-order valence-electron chi connectivity index (χ3n) is 2.27. The Hall–Kier alpha value is -1.58. The summed E-state index contributed by atoms with van der Waals surface area (Å²) in [6.07, 6.45) is 1.53. The van der Waals surface area contributed by atoms with Crippen LogP contribution in [0.15, 0.2) is 36.5 Å². The number of nitrogens with one attached hydrogen (secondary N) is 1. The maximum Gasteiger partial charge on any atom is 0.256 e. The highest BCUT2D eigenvalue weighted by Crippen LogP contribution is 2.17. The molecule has 1 aromatic heterocycles. The van der Waals surface area contributed by atoms with Gasteiger partial charge in [-0.25, -0.2) is 4.98 Å². The average Bonchev–Trinajstić information content (AvgIpc) is 2.27. The van der Waals surface area contributed by atoms with Gasteiger partial charge in [-0.3, -0.25) is 4.79 Å². The first-order valence-corrected chi connectivity index (χ1v) is 6.00. The van der Waals surface area contributed by atoms with Crippen LogP contribution >= 0.6 is 23.2 Å². The fraction of sp³-hybridized carbons (Fsp3) is 0.0769. The quantitative estimate of drug-likeness (QED) is 0.905. The van der Waals surface area contributed by atoms with Crippen molar-refractivity contribution in [2.24, 2.45) is 0 Å². The zero-order valence-electron chi connectivity index (χ0n) is 9.58. The molecule has 0 atom stereocenters. The second kappa shape index (κ2) is 5.38. The molecule has 3 nitrogen and oxygen atoms in total. The summed E-state index contributed by atoms with van der Waals surface area (Å²) in [5.74, 6) is 0.139. The largest absolute Gasteiger partial charge is 0.307 e. The number of halogens is 2. The van der Waals surface area contributed by atoms with Crippen LogP contribution in [0.3, 0.4) is 0 Å². The Labute approximate surface area is 115 Å². The van der Waals surface area contributed by atoms with Crippen molar-refractivity contribution in [2.45, 2.75) is 6.92 Å². The van der Waals surface area contributed by atoms with E-state index in [-0.39, 0.29) is 5.91 Å². The van der Waals surface area contributed by atoms with Crippen LogP contribution in [0.2, 0.25) is 10.0 Å². The molecule has 2 aromatic rings. The highest BCUT2D eigenvalue weighted by molar-refractivity contribution is 6.31. The molecule has 5 heteroatoms. The molecule has 0 saturated heterocycles. The molecular weight excluding hydrogens is 271 g/mol. The lowest BCUT2D eigenvalue weighted by Crippen LogP contribution is -2.13. The number of carbonyl (C=O) groups is 1. The molecule has 0 aliphatic heterocycles. The maximum atomic E-state index is 12.0. The van der Waals surface area contributed by atoms with Crippen LogP contribution in [0.1, 0.15) is 15.9 Å². The van der Waals surface area contributed by atoms with E-state index >= 15 is 0 Å². The van der Waals surface area contributed by atoms with E-state index in [1.54, 1.807) is 30.3 Å². The lowest BCUT2D eigenvalue weighted by molar-refractivity contribution is 0.102. The summed E-state index contributed by atoms with van der Waals surface area (Å²) in [5, 5.41) is 3.70. The average molecular weight is 281 g/mol. The van der Waals surface area contributed by atoms with Gasteiger partial charge in [0.15, 0.2) is 0 Å². The number of amides is 1. The van der Waals surface area contributed by atoms with E-state index in [1.807, 2.05) is 6.92 Å². The Morgan fingerprint density at radius 2 is 1.94 bits per heavy atom. The summed E-state index contributed by atoms with van der Waals surface area (Å²) in [6.45, 7) is 1.88. The van der Waals surface area contributed by atoms with Crippen LogP contribution in [0.25, 0.3) is 0 Å². The van der Waals surface area contributed by atoms with Crippen LogP contribution < -0.4 is 5.32 Å². The van der Waals surface area contributed by atoms with Gasteiger partial charge in [0.2, 0.25) is 0 Å². The van der Waals surface area contributed by atoms with Crippen molar-refractivity contribution < 1.29 is 4.79 Å². The highest BCUT2D eigenvalue weighted by atomic mass is 35.5. The van der Waals surface area contributed by atoms with Crippen molar-refractivity contribution >= 4 is 34.9 Å². The summed E-state index contributed by atoms with van der Waals surface area (Å²) in [7, 11) is 0. The number of anilines is 1. The van der Waals surface area contributed by atoms with Crippen molar-refractivity contribution in [3.8, 4) is 0 Å². The monoisotopic (exact) mass is 280 g/mol. The Kier molecular flexibility index (Phi) is 3.84. The number of benzene rings is 1. The molecule has 0 bridgehead atoms. The van der Waals surface area contributed by atoms with Crippen molar-refractivity contribution in [2.75, 3.05) is 5.32 Å². The number of carbonyl (C=O) groups excluding carboxylic acids is 1. The summed E-state index contributed by atoms with van der Waals surface area (Å²) in [6, 6.07) is 8.37. The molecule has 0 aliphatic carbocycles. The van der Waals surface area contributed by atoms with Gasteiger partial charge in [0.05, 0.1) is 0 Å². The minimum atomic E-state index is -0.268. The van der Waals surface area contributed by atoms with Gasteiger partial charge >= 0.3 is 0 Å². The standard InChI is InChI=1S/C13H10Cl2N2O/c1-8-4-9(6-11(15)5-8)13(18)17-12-7-10(14)2-3-16-12/h2-7H,1H3,(H,16,17,18). The molecule has 1 aromatic carbocycles. The number of aromatic nitrogens is 1. The predicted octanol–water partition coefficient (Wildman–Crippen LogP) is 3.95. The van der Waals surface area contributed by atoms with Crippen LogP contribution in [-0.4, -0.2) is 10.9 Å². The smallest absolute Gasteiger partial charge is 0.256 e. The molecule has 0 spiro atoms. The molecule has 1 N–H and O–H groups in total. The number of hydrogen-bond donors (Lipinski definition) is 1. The Balaban J connectivity index is 2.22. The van der Waals surface area contributed by atoms with Gasteiger partial charge in [-0.05, 0) is 42.8 Å². The molecule has 92 valence electrons. The minimum Gasteiger partial charge on any atom is -0.307 e. The predicted molar refractivity (Wildman–Crippen MR) is 73.4 cm³/mol. The molecule has 1 amide bonds. The van der Waals surface area contributed by atoms with E-state index in [0.717, 1.165) is 5.56 Å². The van der Waals surface area contributed by atoms with Crippen LogP contribution in [0.5, 0.6) is 0 Å². The second-order valence-corrected chi connectivity index (χ2v) is 4.70. The zero-order valence-corrected chi connectivity index (χ0v) is 11.1. The first-order chi connectivity index (χ1) is 8.54. The number of pyridine rings is 1. The number of aryl methyl sites for hydroxylation is 1. The van der Waals surface area contributed by atoms with Gasteiger partial charge < -0.3 is 5.32 Å². The van der Waals surface area contributed by atoms with Crippen molar-refractivity contribution in [1.82, 2.24) is 4.98 Å². The number of hydrogen-bond acceptors (Lipinski definition) is 2. The number of nitrogens with zero attached hydrogens (tertiary/aromatic N) is 1. The Bertz CT molecular complexity index is 579. The molecule has 0 radical (unpaired) electrons. The van der Waals surface area contributed by atoms with Gasteiger partial charge in [-0.1, -0.05) is 23.2 Å². The van der Waals surface area contributed by atoms with Gasteiger partial charge in [0.25, 0.3) is 5.91 Å². The molecule has 0 fully saturated rings. The summed E-state index contributed by atoms with van der Waals surface area (Å²) < 4.78 is 0. The summed E-state index contributed by atoms with van der Waals surface area (Å²) in [4.78, 5) is 16.0. The van der Waals surface area contributed by atoms with E-state index in [2.05, 4.69) is 10.3 Å². The molecular formula is C13H10Cl2N2O. The first kappa shape index (κ1) is 12.9. The third kappa shape index (κ3) is 3.22. The molecule has 0 unspecified atom stereocenters. The number of rotatable bonds is 2.